The van der Waals surface area contributed by atoms with Crippen LogP contribution in [0.3, 0.4) is 0 Å². The summed E-state index contributed by atoms with van der Waals surface area (Å²) in [5.41, 5.74) is 2.84. The van der Waals surface area contributed by atoms with Crippen molar-refractivity contribution >= 4 is 23.5 Å². The number of nitrogens with zero attached hydrogens (tertiary/aromatic N) is 2. The van der Waals surface area contributed by atoms with Crippen molar-refractivity contribution in [1.29, 1.82) is 0 Å². The molecule has 0 unspecified atom stereocenters. The Labute approximate surface area is 200 Å². The lowest BCUT2D eigenvalue weighted by Crippen LogP contribution is -2.49. The van der Waals surface area contributed by atoms with E-state index >= 15 is 0 Å². The number of Topliss-reactive ketones (excluding diaryl/α,β-unsaturated/α-hetero) is 1. The number of benzene rings is 2. The van der Waals surface area contributed by atoms with E-state index in [-0.39, 0.29) is 23.8 Å². The van der Waals surface area contributed by atoms with Crippen molar-refractivity contribution in [3.8, 4) is 0 Å². The number of carbonyl (C=O) groups is 3. The van der Waals surface area contributed by atoms with Crippen LogP contribution in [0.2, 0.25) is 0 Å². The first kappa shape index (κ1) is 25.4. The van der Waals surface area contributed by atoms with Crippen molar-refractivity contribution in [2.75, 3.05) is 45.8 Å². The fraction of sp³-hybridized carbons (Fsp3) is 0.423. The number of carbonyl (C=O) groups excluding carboxylic acids is 3. The van der Waals surface area contributed by atoms with E-state index < -0.39 is 0 Å². The minimum absolute atomic E-state index is 0.0420. The number of anilines is 1. The number of hydrogen-bond donors (Lipinski definition) is 1. The predicted octanol–water partition coefficient (Wildman–Crippen LogP) is 3.82. The zero-order chi connectivity index (χ0) is 24.5. The molecule has 1 fully saturated rings. The second kappa shape index (κ2) is 12.3. The van der Waals surface area contributed by atoms with E-state index in [9.17, 15) is 14.4 Å². The summed E-state index contributed by atoms with van der Waals surface area (Å²) in [4.78, 5) is 40.6. The monoisotopic (exact) mass is 467 g/mol. The number of piperidine rings is 1. The molecule has 34 heavy (non-hydrogen) atoms. The van der Waals surface area contributed by atoms with Gasteiger partial charge in [-0.2, -0.15) is 0 Å². The number of urea groups is 1. The van der Waals surface area contributed by atoms with E-state index in [0.29, 0.717) is 30.0 Å². The third-order valence-electron chi connectivity index (χ3n) is 6.10. The maximum Gasteiger partial charge on any atom is 0.337 e. The first-order valence-corrected chi connectivity index (χ1v) is 11.5. The Balaban J connectivity index is 1.58. The molecular weight excluding hydrogens is 434 g/mol. The van der Waals surface area contributed by atoms with Crippen LogP contribution in [0, 0.1) is 0 Å². The lowest BCUT2D eigenvalue weighted by atomic mass is 10.0. The molecule has 0 atom stereocenters. The van der Waals surface area contributed by atoms with Gasteiger partial charge in [0.15, 0.2) is 5.78 Å². The van der Waals surface area contributed by atoms with Gasteiger partial charge in [0.1, 0.15) is 0 Å². The molecule has 8 nitrogen and oxygen atoms in total. The van der Waals surface area contributed by atoms with Gasteiger partial charge in [0, 0.05) is 50.6 Å². The molecule has 182 valence electrons. The van der Waals surface area contributed by atoms with Crippen LogP contribution in [-0.4, -0.2) is 74.1 Å². The van der Waals surface area contributed by atoms with Gasteiger partial charge in [-0.3, -0.25) is 9.69 Å². The van der Waals surface area contributed by atoms with Crippen molar-refractivity contribution in [2.45, 2.75) is 32.4 Å². The highest BCUT2D eigenvalue weighted by atomic mass is 16.5. The predicted molar refractivity (Wildman–Crippen MR) is 130 cm³/mol. The fourth-order valence-electron chi connectivity index (χ4n) is 4.16. The Morgan fingerprint density at radius 1 is 1.03 bits per heavy atom. The van der Waals surface area contributed by atoms with E-state index in [2.05, 4.69) is 10.2 Å². The number of esters is 1. The van der Waals surface area contributed by atoms with E-state index in [1.54, 1.807) is 43.5 Å². The molecule has 1 aliphatic heterocycles. The number of methoxy groups -OCH3 is 2. The summed E-state index contributed by atoms with van der Waals surface area (Å²) in [6.07, 6.45) is 1.70. The maximum absolute atomic E-state index is 13.1. The van der Waals surface area contributed by atoms with Crippen LogP contribution < -0.4 is 5.32 Å². The van der Waals surface area contributed by atoms with Crippen LogP contribution in [0.25, 0.3) is 0 Å². The van der Waals surface area contributed by atoms with Gasteiger partial charge in [0.05, 0.1) is 19.3 Å². The molecule has 0 saturated carbocycles. The summed E-state index contributed by atoms with van der Waals surface area (Å²) in [7, 11) is 3.00. The Bertz CT molecular complexity index is 984. The maximum atomic E-state index is 13.1. The van der Waals surface area contributed by atoms with Gasteiger partial charge >= 0.3 is 12.0 Å². The molecule has 1 aliphatic rings. The van der Waals surface area contributed by atoms with Crippen molar-refractivity contribution < 1.29 is 23.9 Å². The smallest absolute Gasteiger partial charge is 0.337 e. The average Bonchev–Trinajstić information content (AvgIpc) is 2.85. The van der Waals surface area contributed by atoms with Crippen LogP contribution in [0.1, 0.15) is 46.0 Å². The molecule has 2 aromatic carbocycles. The molecular formula is C26H33N3O5. The molecule has 1 N–H and O–H groups in total. The van der Waals surface area contributed by atoms with Gasteiger partial charge in [0.25, 0.3) is 0 Å². The molecule has 3 rings (SSSR count). The molecule has 2 amide bonds. The molecule has 0 radical (unpaired) electrons. The Hall–Kier alpha value is -3.23. The highest BCUT2D eigenvalue weighted by Gasteiger charge is 2.28. The van der Waals surface area contributed by atoms with Crippen LogP contribution in [0.5, 0.6) is 0 Å². The summed E-state index contributed by atoms with van der Waals surface area (Å²) in [5.74, 6) is -0.380. The SMILES string of the molecule is COCCN(C(=O)Nc1cccc(C(C)=O)c1)C1CCN(Cc2ccc(C(=O)OC)cc2)CC1. The number of rotatable bonds is 9. The molecule has 0 bridgehead atoms. The topological polar surface area (TPSA) is 88.2 Å². The summed E-state index contributed by atoms with van der Waals surface area (Å²) in [5, 5.41) is 2.94. The van der Waals surface area contributed by atoms with E-state index in [1.807, 2.05) is 17.0 Å². The van der Waals surface area contributed by atoms with Crippen LogP contribution in [-0.2, 0) is 16.0 Å². The average molecular weight is 468 g/mol. The first-order valence-electron chi connectivity index (χ1n) is 11.5. The summed E-state index contributed by atoms with van der Waals surface area (Å²) in [6, 6.07) is 14.4. The minimum Gasteiger partial charge on any atom is -0.465 e. The van der Waals surface area contributed by atoms with Gasteiger partial charge in [-0.05, 0) is 49.6 Å². The van der Waals surface area contributed by atoms with Crippen molar-refractivity contribution in [3.63, 3.8) is 0 Å². The van der Waals surface area contributed by atoms with E-state index in [4.69, 9.17) is 9.47 Å². The second-order valence-electron chi connectivity index (χ2n) is 8.45. The Morgan fingerprint density at radius 3 is 2.35 bits per heavy atom. The number of likely N-dealkylation sites (tertiary alicyclic amines) is 1. The lowest BCUT2D eigenvalue weighted by Gasteiger charge is -2.38. The van der Waals surface area contributed by atoms with Crippen LogP contribution in [0.4, 0.5) is 10.5 Å². The van der Waals surface area contributed by atoms with E-state index in [0.717, 1.165) is 38.0 Å². The number of nitrogens with one attached hydrogen (secondary N) is 1. The zero-order valence-corrected chi connectivity index (χ0v) is 20.1. The number of ether oxygens (including phenoxy) is 2. The molecule has 0 aromatic heterocycles. The largest absolute Gasteiger partial charge is 0.465 e. The standard InChI is InChI=1S/C26H33N3O5/c1-19(30)22-5-4-6-23(17-22)27-26(32)29(15-16-33-2)24-11-13-28(14-12-24)18-20-7-9-21(10-8-20)25(31)34-3/h4-10,17,24H,11-16,18H2,1-3H3,(H,27,32). The van der Waals surface area contributed by atoms with Crippen molar-refractivity contribution in [1.82, 2.24) is 9.80 Å². The molecule has 0 spiro atoms. The zero-order valence-electron chi connectivity index (χ0n) is 20.1. The third-order valence-corrected chi connectivity index (χ3v) is 6.10. The van der Waals surface area contributed by atoms with Gasteiger partial charge in [-0.15, -0.1) is 0 Å². The molecule has 1 saturated heterocycles. The van der Waals surface area contributed by atoms with Crippen LogP contribution in [0.15, 0.2) is 48.5 Å². The molecule has 2 aromatic rings. The minimum atomic E-state index is -0.338. The van der Waals surface area contributed by atoms with Gasteiger partial charge in [-0.25, -0.2) is 9.59 Å². The third kappa shape index (κ3) is 6.88. The molecule has 0 aliphatic carbocycles. The summed E-state index contributed by atoms with van der Waals surface area (Å²) >= 11 is 0. The first-order chi connectivity index (χ1) is 16.4. The molecule has 8 heteroatoms. The number of ketones is 1. The summed E-state index contributed by atoms with van der Waals surface area (Å²) < 4.78 is 9.99. The summed E-state index contributed by atoms with van der Waals surface area (Å²) in [6.45, 7) is 4.96. The second-order valence-corrected chi connectivity index (χ2v) is 8.45. The Morgan fingerprint density at radius 2 is 1.74 bits per heavy atom. The lowest BCUT2D eigenvalue weighted by molar-refractivity contribution is 0.0600. The quantitative estimate of drug-likeness (QED) is 0.446. The van der Waals surface area contributed by atoms with Gasteiger partial charge in [-0.1, -0.05) is 24.3 Å². The highest BCUT2D eigenvalue weighted by Crippen LogP contribution is 2.21. The van der Waals surface area contributed by atoms with Gasteiger partial charge in [0.2, 0.25) is 0 Å². The number of amides is 2. The van der Waals surface area contributed by atoms with Crippen molar-refractivity contribution in [2.24, 2.45) is 0 Å². The normalized spacial score (nSPS) is 14.4. The fourth-order valence-corrected chi connectivity index (χ4v) is 4.16. The van der Waals surface area contributed by atoms with E-state index in [1.165, 1.54) is 14.0 Å². The Kier molecular flexibility index (Phi) is 9.18. The number of hydrogen-bond acceptors (Lipinski definition) is 6. The van der Waals surface area contributed by atoms with Crippen LogP contribution >= 0.6 is 0 Å². The van der Waals surface area contributed by atoms with Crippen molar-refractivity contribution in [3.05, 3.63) is 65.2 Å². The molecule has 1 heterocycles. The van der Waals surface area contributed by atoms with Gasteiger partial charge < -0.3 is 19.7 Å². The highest BCUT2D eigenvalue weighted by molar-refractivity contribution is 5.96.